The molecule has 0 N–H and O–H groups in total. The first kappa shape index (κ1) is 10.7. The Morgan fingerprint density at radius 2 is 1.94 bits per heavy atom. The number of rotatable bonds is 2. The Morgan fingerprint density at radius 3 is 2.56 bits per heavy atom. The monoisotopic (exact) mass is 214 g/mol. The minimum Gasteiger partial charge on any atom is -0.469 e. The minimum atomic E-state index is -0.209. The molecule has 0 spiro atoms. The number of ether oxygens (including phenoxy) is 1. The zero-order valence-corrected chi connectivity index (χ0v) is 9.54. The summed E-state index contributed by atoms with van der Waals surface area (Å²) in [6.07, 6.45) is 0.318. The summed E-state index contributed by atoms with van der Waals surface area (Å²) in [4.78, 5) is 11.3. The van der Waals surface area contributed by atoms with Crippen LogP contribution in [0.25, 0.3) is 11.1 Å². The van der Waals surface area contributed by atoms with Gasteiger partial charge in [-0.2, -0.15) is 0 Å². The van der Waals surface area contributed by atoms with Crippen LogP contribution in [0.1, 0.15) is 24.5 Å². The number of fused-ring (bicyclic) bond motifs is 1. The molecule has 0 saturated carbocycles. The van der Waals surface area contributed by atoms with E-state index >= 15 is 0 Å². The fourth-order valence-corrected chi connectivity index (χ4v) is 2.04. The molecule has 0 atom stereocenters. The molecule has 0 aromatic heterocycles. The molecular formula is C14H14O2. The summed E-state index contributed by atoms with van der Waals surface area (Å²) in [6.45, 7) is 6.05. The van der Waals surface area contributed by atoms with Crippen molar-refractivity contribution < 1.29 is 9.53 Å². The maximum absolute atomic E-state index is 11.3. The van der Waals surface area contributed by atoms with Gasteiger partial charge >= 0.3 is 5.97 Å². The summed E-state index contributed by atoms with van der Waals surface area (Å²) < 4.78 is 4.71. The Hall–Kier alpha value is -1.83. The van der Waals surface area contributed by atoms with E-state index in [1.54, 1.807) is 0 Å². The highest BCUT2D eigenvalue weighted by Gasteiger charge is 2.23. The predicted octanol–water partition coefficient (Wildman–Crippen LogP) is 3.05. The molecule has 2 heteroatoms. The smallest absolute Gasteiger partial charge is 0.310 e. The molecular weight excluding hydrogens is 200 g/mol. The third-order valence-corrected chi connectivity index (χ3v) is 3.03. The van der Waals surface area contributed by atoms with Crippen LogP contribution in [0.15, 0.2) is 36.4 Å². The van der Waals surface area contributed by atoms with Gasteiger partial charge in [0.25, 0.3) is 0 Å². The SMILES string of the molecule is C=C1C(C)=C(CC(=O)OC)c2ccccc21. The molecule has 0 fully saturated rings. The van der Waals surface area contributed by atoms with Crippen molar-refractivity contribution in [3.8, 4) is 0 Å². The van der Waals surface area contributed by atoms with Crippen LogP contribution in [0.5, 0.6) is 0 Å². The van der Waals surface area contributed by atoms with Crippen LogP contribution < -0.4 is 0 Å². The second-order valence-electron chi connectivity index (χ2n) is 3.88. The zero-order chi connectivity index (χ0) is 11.7. The molecule has 0 unspecified atom stereocenters. The lowest BCUT2D eigenvalue weighted by Gasteiger charge is -2.04. The van der Waals surface area contributed by atoms with E-state index in [9.17, 15) is 4.79 Å². The Morgan fingerprint density at radius 1 is 1.31 bits per heavy atom. The van der Waals surface area contributed by atoms with E-state index in [0.717, 1.165) is 27.8 Å². The minimum absolute atomic E-state index is 0.209. The average Bonchev–Trinajstić information content (AvgIpc) is 2.55. The standard InChI is InChI=1S/C14H14O2/c1-9-10(2)13(8-14(15)16-3)12-7-5-4-6-11(9)12/h4-7H,1,8H2,2-3H3. The lowest BCUT2D eigenvalue weighted by molar-refractivity contribution is -0.139. The second-order valence-corrected chi connectivity index (χ2v) is 3.88. The molecule has 0 saturated heterocycles. The van der Waals surface area contributed by atoms with Gasteiger partial charge < -0.3 is 4.74 Å². The number of methoxy groups -OCH3 is 1. The van der Waals surface area contributed by atoms with Gasteiger partial charge in [-0.25, -0.2) is 0 Å². The number of allylic oxidation sites excluding steroid dienone is 2. The molecule has 0 amide bonds. The second kappa shape index (κ2) is 3.97. The van der Waals surface area contributed by atoms with E-state index in [1.165, 1.54) is 7.11 Å². The first-order valence-electron chi connectivity index (χ1n) is 5.20. The van der Waals surface area contributed by atoms with Gasteiger partial charge in [-0.3, -0.25) is 4.79 Å². The molecule has 16 heavy (non-hydrogen) atoms. The molecule has 1 aromatic rings. The maximum atomic E-state index is 11.3. The first-order valence-corrected chi connectivity index (χ1v) is 5.20. The molecule has 0 radical (unpaired) electrons. The fourth-order valence-electron chi connectivity index (χ4n) is 2.04. The molecule has 2 nitrogen and oxygen atoms in total. The van der Waals surface area contributed by atoms with E-state index in [2.05, 4.69) is 6.58 Å². The number of carbonyl (C=O) groups excluding carboxylic acids is 1. The largest absolute Gasteiger partial charge is 0.469 e. The number of benzene rings is 1. The Kier molecular flexibility index (Phi) is 2.65. The van der Waals surface area contributed by atoms with Crippen molar-refractivity contribution in [3.63, 3.8) is 0 Å². The first-order chi connectivity index (χ1) is 7.65. The highest BCUT2D eigenvalue weighted by atomic mass is 16.5. The van der Waals surface area contributed by atoms with Crippen molar-refractivity contribution in [1.82, 2.24) is 0 Å². The molecule has 0 heterocycles. The van der Waals surface area contributed by atoms with Gasteiger partial charge in [0.05, 0.1) is 13.5 Å². The van der Waals surface area contributed by atoms with Gasteiger partial charge in [0.2, 0.25) is 0 Å². The average molecular weight is 214 g/mol. The van der Waals surface area contributed by atoms with Crippen molar-refractivity contribution in [3.05, 3.63) is 47.5 Å². The highest BCUT2D eigenvalue weighted by Crippen LogP contribution is 2.41. The topological polar surface area (TPSA) is 26.3 Å². The van der Waals surface area contributed by atoms with E-state index < -0.39 is 0 Å². The summed E-state index contributed by atoms with van der Waals surface area (Å²) in [5, 5.41) is 0. The van der Waals surface area contributed by atoms with Crippen LogP contribution in [-0.4, -0.2) is 13.1 Å². The summed E-state index contributed by atoms with van der Waals surface area (Å²) >= 11 is 0. The summed E-state index contributed by atoms with van der Waals surface area (Å²) in [7, 11) is 1.41. The summed E-state index contributed by atoms with van der Waals surface area (Å²) in [5.74, 6) is -0.209. The van der Waals surface area contributed by atoms with Gasteiger partial charge in [-0.05, 0) is 34.8 Å². The number of hydrogen-bond donors (Lipinski definition) is 0. The van der Waals surface area contributed by atoms with Crippen LogP contribution in [0.2, 0.25) is 0 Å². The van der Waals surface area contributed by atoms with Crippen LogP contribution in [-0.2, 0) is 9.53 Å². The zero-order valence-electron chi connectivity index (χ0n) is 9.54. The molecule has 82 valence electrons. The van der Waals surface area contributed by atoms with E-state index in [0.29, 0.717) is 6.42 Å². The Bertz CT molecular complexity index is 495. The molecule has 1 aromatic carbocycles. The summed E-state index contributed by atoms with van der Waals surface area (Å²) in [6, 6.07) is 8.01. The third kappa shape index (κ3) is 1.56. The molecule has 0 aliphatic heterocycles. The van der Waals surface area contributed by atoms with Gasteiger partial charge in [0, 0.05) is 0 Å². The van der Waals surface area contributed by atoms with Crippen molar-refractivity contribution in [2.24, 2.45) is 0 Å². The molecule has 1 aliphatic rings. The summed E-state index contributed by atoms with van der Waals surface area (Å²) in [5.41, 5.74) is 5.36. The lowest BCUT2D eigenvalue weighted by atomic mass is 10.0. The van der Waals surface area contributed by atoms with Crippen molar-refractivity contribution in [2.75, 3.05) is 7.11 Å². The predicted molar refractivity (Wildman–Crippen MR) is 64.7 cm³/mol. The van der Waals surface area contributed by atoms with Crippen molar-refractivity contribution in [2.45, 2.75) is 13.3 Å². The number of esters is 1. The molecule has 1 aliphatic carbocycles. The van der Waals surface area contributed by atoms with Gasteiger partial charge in [0.1, 0.15) is 0 Å². The van der Waals surface area contributed by atoms with E-state index in [4.69, 9.17) is 4.74 Å². The number of hydrogen-bond acceptors (Lipinski definition) is 2. The van der Waals surface area contributed by atoms with Gasteiger partial charge in [-0.15, -0.1) is 0 Å². The van der Waals surface area contributed by atoms with Crippen LogP contribution in [0.3, 0.4) is 0 Å². The van der Waals surface area contributed by atoms with E-state index in [-0.39, 0.29) is 5.97 Å². The Balaban J connectivity index is 2.45. The molecule has 0 bridgehead atoms. The number of carbonyl (C=O) groups is 1. The molecule has 2 rings (SSSR count). The van der Waals surface area contributed by atoms with Gasteiger partial charge in [-0.1, -0.05) is 30.8 Å². The third-order valence-electron chi connectivity index (χ3n) is 3.03. The van der Waals surface area contributed by atoms with Crippen LogP contribution >= 0.6 is 0 Å². The van der Waals surface area contributed by atoms with Crippen molar-refractivity contribution in [1.29, 1.82) is 0 Å². The quantitative estimate of drug-likeness (QED) is 0.707. The fraction of sp³-hybridized carbons (Fsp3) is 0.214. The highest BCUT2D eigenvalue weighted by molar-refractivity contribution is 6.02. The normalized spacial score (nSPS) is 14.0. The van der Waals surface area contributed by atoms with Gasteiger partial charge in [0.15, 0.2) is 0 Å². The van der Waals surface area contributed by atoms with Crippen molar-refractivity contribution >= 4 is 17.1 Å². The maximum Gasteiger partial charge on any atom is 0.310 e. The van der Waals surface area contributed by atoms with Crippen LogP contribution in [0.4, 0.5) is 0 Å². The van der Waals surface area contributed by atoms with E-state index in [1.807, 2.05) is 31.2 Å². The lowest BCUT2D eigenvalue weighted by Crippen LogP contribution is -2.01. The Labute approximate surface area is 95.2 Å². The van der Waals surface area contributed by atoms with Crippen LogP contribution in [0, 0.1) is 0 Å².